The molecular formula is C19H19N3O2. The van der Waals surface area contributed by atoms with Crippen molar-refractivity contribution in [3.63, 3.8) is 0 Å². The number of fused-ring (bicyclic) bond motifs is 1. The number of nitriles is 1. The summed E-state index contributed by atoms with van der Waals surface area (Å²) in [5, 5.41) is 12.0. The van der Waals surface area contributed by atoms with Crippen molar-refractivity contribution in [2.75, 3.05) is 26.0 Å². The van der Waals surface area contributed by atoms with Crippen LogP contribution in [0.25, 0.3) is 0 Å². The van der Waals surface area contributed by atoms with Crippen LogP contribution < -0.4 is 10.1 Å². The molecule has 2 aromatic rings. The maximum Gasteiger partial charge on any atom is 0.255 e. The Balaban J connectivity index is 1.80. The van der Waals surface area contributed by atoms with Gasteiger partial charge in [-0.2, -0.15) is 5.26 Å². The summed E-state index contributed by atoms with van der Waals surface area (Å²) in [6.45, 7) is 1.95. The van der Waals surface area contributed by atoms with E-state index in [9.17, 15) is 4.79 Å². The molecule has 0 radical (unpaired) electrons. The van der Waals surface area contributed by atoms with Crippen molar-refractivity contribution in [1.29, 1.82) is 5.26 Å². The number of carbonyl (C=O) groups excluding carboxylic acids is 1. The first kappa shape index (κ1) is 16.0. The van der Waals surface area contributed by atoms with E-state index >= 15 is 0 Å². The molecule has 3 rings (SSSR count). The lowest BCUT2D eigenvalue weighted by atomic mass is 9.99. The van der Waals surface area contributed by atoms with Gasteiger partial charge in [0, 0.05) is 24.3 Å². The number of rotatable bonds is 3. The van der Waals surface area contributed by atoms with Gasteiger partial charge in [-0.25, -0.2) is 0 Å². The molecule has 5 nitrogen and oxygen atoms in total. The molecule has 0 spiro atoms. The van der Waals surface area contributed by atoms with Crippen molar-refractivity contribution in [3.8, 4) is 11.8 Å². The molecule has 0 unspecified atom stereocenters. The molecule has 0 bridgehead atoms. The van der Waals surface area contributed by atoms with Crippen LogP contribution in [0.1, 0.15) is 27.0 Å². The van der Waals surface area contributed by atoms with Crippen LogP contribution >= 0.6 is 0 Å². The number of anilines is 1. The van der Waals surface area contributed by atoms with Crippen molar-refractivity contribution in [3.05, 3.63) is 58.7 Å². The number of ether oxygens (including phenoxy) is 1. The van der Waals surface area contributed by atoms with Crippen molar-refractivity contribution < 1.29 is 9.53 Å². The summed E-state index contributed by atoms with van der Waals surface area (Å²) < 4.78 is 5.10. The molecule has 0 atom stereocenters. The Morgan fingerprint density at radius 2 is 2.08 bits per heavy atom. The fourth-order valence-corrected chi connectivity index (χ4v) is 2.92. The van der Waals surface area contributed by atoms with Crippen molar-refractivity contribution >= 4 is 11.6 Å². The van der Waals surface area contributed by atoms with Crippen LogP contribution in [0, 0.1) is 11.3 Å². The third-order valence-electron chi connectivity index (χ3n) is 4.25. The predicted molar refractivity (Wildman–Crippen MR) is 92.1 cm³/mol. The van der Waals surface area contributed by atoms with E-state index in [1.54, 1.807) is 18.2 Å². The molecule has 0 fully saturated rings. The Morgan fingerprint density at radius 1 is 1.25 bits per heavy atom. The number of carbonyl (C=O) groups is 1. The van der Waals surface area contributed by atoms with Crippen molar-refractivity contribution in [2.45, 2.75) is 13.0 Å². The number of hydrogen-bond donors (Lipinski definition) is 1. The highest BCUT2D eigenvalue weighted by molar-refractivity contribution is 6.04. The molecule has 1 N–H and O–H groups in total. The Hall–Kier alpha value is -2.84. The second-order valence-corrected chi connectivity index (χ2v) is 5.95. The standard InChI is InChI=1S/C19H19N3O2/c1-22-8-7-13-3-5-17(10-16(13)12-22)21-19(23)14-4-6-18(24-2)15(9-14)11-20/h3-6,9-10H,7-8,12H2,1-2H3,(H,21,23). The summed E-state index contributed by atoms with van der Waals surface area (Å²) in [7, 11) is 3.59. The van der Waals surface area contributed by atoms with E-state index in [-0.39, 0.29) is 5.91 Å². The van der Waals surface area contributed by atoms with Crippen LogP contribution in [0.15, 0.2) is 36.4 Å². The highest BCUT2D eigenvalue weighted by Gasteiger charge is 2.15. The van der Waals surface area contributed by atoms with E-state index in [2.05, 4.69) is 23.3 Å². The summed E-state index contributed by atoms with van der Waals surface area (Å²) in [6, 6.07) is 12.9. The highest BCUT2D eigenvalue weighted by Crippen LogP contribution is 2.23. The van der Waals surface area contributed by atoms with E-state index in [1.165, 1.54) is 18.2 Å². The maximum atomic E-state index is 12.4. The number of benzene rings is 2. The van der Waals surface area contributed by atoms with Gasteiger partial charge in [0.25, 0.3) is 5.91 Å². The molecule has 0 aliphatic carbocycles. The first-order valence-electron chi connectivity index (χ1n) is 7.80. The predicted octanol–water partition coefficient (Wildman–Crippen LogP) is 2.81. The van der Waals surface area contributed by atoms with Gasteiger partial charge in [-0.1, -0.05) is 6.07 Å². The smallest absolute Gasteiger partial charge is 0.255 e. The van der Waals surface area contributed by atoms with E-state index in [0.717, 1.165) is 25.2 Å². The lowest BCUT2D eigenvalue weighted by Crippen LogP contribution is -2.26. The summed E-state index contributed by atoms with van der Waals surface area (Å²) in [4.78, 5) is 14.7. The lowest BCUT2D eigenvalue weighted by molar-refractivity contribution is 0.102. The van der Waals surface area contributed by atoms with Gasteiger partial charge in [-0.3, -0.25) is 4.79 Å². The summed E-state index contributed by atoms with van der Waals surface area (Å²) >= 11 is 0. The molecule has 2 aromatic carbocycles. The van der Waals surface area contributed by atoms with Gasteiger partial charge in [0.15, 0.2) is 0 Å². The minimum atomic E-state index is -0.238. The first-order valence-corrected chi connectivity index (χ1v) is 7.80. The average molecular weight is 321 g/mol. The minimum Gasteiger partial charge on any atom is -0.495 e. The Bertz CT molecular complexity index is 824. The lowest BCUT2D eigenvalue weighted by Gasteiger charge is -2.25. The monoisotopic (exact) mass is 321 g/mol. The zero-order valence-corrected chi connectivity index (χ0v) is 13.8. The molecule has 1 amide bonds. The van der Waals surface area contributed by atoms with E-state index in [4.69, 9.17) is 10.00 Å². The van der Waals surface area contributed by atoms with Crippen LogP contribution in [0.2, 0.25) is 0 Å². The molecule has 0 aromatic heterocycles. The molecule has 24 heavy (non-hydrogen) atoms. The van der Waals surface area contributed by atoms with Crippen LogP contribution in [-0.4, -0.2) is 31.5 Å². The summed E-state index contributed by atoms with van der Waals surface area (Å²) in [5.41, 5.74) is 4.12. The van der Waals surface area contributed by atoms with Crippen molar-refractivity contribution in [1.82, 2.24) is 4.90 Å². The SMILES string of the molecule is COc1ccc(C(=O)Nc2ccc3c(c2)CN(C)CC3)cc1C#N. The second kappa shape index (κ2) is 6.73. The van der Waals surface area contributed by atoms with E-state index in [1.807, 2.05) is 18.2 Å². The van der Waals surface area contributed by atoms with Gasteiger partial charge in [0.05, 0.1) is 12.7 Å². The summed E-state index contributed by atoms with van der Waals surface area (Å²) in [5.74, 6) is 0.226. The third-order valence-corrected chi connectivity index (χ3v) is 4.25. The molecule has 1 aliphatic rings. The molecule has 0 saturated heterocycles. The fraction of sp³-hybridized carbons (Fsp3) is 0.263. The number of hydrogen-bond acceptors (Lipinski definition) is 4. The van der Waals surface area contributed by atoms with Gasteiger partial charge >= 0.3 is 0 Å². The fourth-order valence-electron chi connectivity index (χ4n) is 2.92. The average Bonchev–Trinajstić information content (AvgIpc) is 2.60. The van der Waals surface area contributed by atoms with Gasteiger partial charge in [0.1, 0.15) is 11.8 Å². The third kappa shape index (κ3) is 3.24. The van der Waals surface area contributed by atoms with Crippen LogP contribution in [-0.2, 0) is 13.0 Å². The number of likely N-dealkylation sites (N-methyl/N-ethyl adjacent to an activating group) is 1. The van der Waals surface area contributed by atoms with Gasteiger partial charge in [0.2, 0.25) is 0 Å². The number of methoxy groups -OCH3 is 1. The molecule has 122 valence electrons. The highest BCUT2D eigenvalue weighted by atomic mass is 16.5. The maximum absolute atomic E-state index is 12.4. The number of amides is 1. The molecular weight excluding hydrogens is 302 g/mol. The Labute approximate surface area is 141 Å². The molecule has 5 heteroatoms. The first-order chi connectivity index (χ1) is 11.6. The number of nitrogens with zero attached hydrogens (tertiary/aromatic N) is 2. The Morgan fingerprint density at radius 3 is 2.83 bits per heavy atom. The van der Waals surface area contributed by atoms with Gasteiger partial charge in [-0.05, 0) is 54.9 Å². The zero-order valence-electron chi connectivity index (χ0n) is 13.8. The van der Waals surface area contributed by atoms with Crippen LogP contribution in [0.3, 0.4) is 0 Å². The molecule has 0 saturated carbocycles. The van der Waals surface area contributed by atoms with Crippen LogP contribution in [0.5, 0.6) is 5.75 Å². The normalized spacial score (nSPS) is 13.7. The van der Waals surface area contributed by atoms with Gasteiger partial charge in [-0.15, -0.1) is 0 Å². The van der Waals surface area contributed by atoms with E-state index in [0.29, 0.717) is 16.9 Å². The topological polar surface area (TPSA) is 65.4 Å². The van der Waals surface area contributed by atoms with Crippen LogP contribution in [0.4, 0.5) is 5.69 Å². The summed E-state index contributed by atoms with van der Waals surface area (Å²) in [6.07, 6.45) is 1.03. The largest absolute Gasteiger partial charge is 0.495 e. The zero-order chi connectivity index (χ0) is 17.1. The second-order valence-electron chi connectivity index (χ2n) is 5.95. The Kier molecular flexibility index (Phi) is 4.50. The molecule has 1 aliphatic heterocycles. The number of nitrogens with one attached hydrogen (secondary N) is 1. The minimum absolute atomic E-state index is 0.238. The van der Waals surface area contributed by atoms with Gasteiger partial charge < -0.3 is 15.0 Å². The van der Waals surface area contributed by atoms with E-state index < -0.39 is 0 Å². The quantitative estimate of drug-likeness (QED) is 0.944. The van der Waals surface area contributed by atoms with Crippen molar-refractivity contribution in [2.24, 2.45) is 0 Å². The molecule has 1 heterocycles.